The third-order valence-electron chi connectivity index (χ3n) is 1.64. The highest BCUT2D eigenvalue weighted by Crippen LogP contribution is 2.08. The highest BCUT2D eigenvalue weighted by molar-refractivity contribution is 5.49. The molecule has 0 atom stereocenters. The van der Waals surface area contributed by atoms with Crippen molar-refractivity contribution in [2.45, 2.75) is 6.92 Å². The van der Waals surface area contributed by atoms with E-state index in [9.17, 15) is 0 Å². The van der Waals surface area contributed by atoms with Crippen molar-refractivity contribution in [3.8, 4) is 0 Å². The van der Waals surface area contributed by atoms with Gasteiger partial charge in [0.2, 0.25) is 0 Å². The van der Waals surface area contributed by atoms with Gasteiger partial charge in [0.1, 0.15) is 11.6 Å². The Hall–Kier alpha value is -1.58. The molecular weight excluding hydrogens is 140 g/mol. The molecule has 0 fully saturated rings. The van der Waals surface area contributed by atoms with E-state index in [1.807, 2.05) is 11.3 Å². The van der Waals surface area contributed by atoms with E-state index in [1.54, 1.807) is 18.6 Å². The second-order valence-electron chi connectivity index (χ2n) is 2.40. The molecule has 0 radical (unpaired) electrons. The van der Waals surface area contributed by atoms with Crippen LogP contribution in [-0.4, -0.2) is 14.4 Å². The molecule has 4 heteroatoms. The zero-order valence-electron chi connectivity index (χ0n) is 6.15. The van der Waals surface area contributed by atoms with Crippen molar-refractivity contribution in [3.05, 3.63) is 24.4 Å². The Bertz CT molecular complexity index is 390. The van der Waals surface area contributed by atoms with Gasteiger partial charge in [-0.2, -0.15) is 0 Å². The van der Waals surface area contributed by atoms with E-state index in [0.717, 1.165) is 11.3 Å². The summed E-state index contributed by atoms with van der Waals surface area (Å²) in [4.78, 5) is 8.04. The quantitative estimate of drug-likeness (QED) is 0.595. The molecule has 0 aliphatic carbocycles. The van der Waals surface area contributed by atoms with Gasteiger partial charge in [0.15, 0.2) is 0 Å². The minimum absolute atomic E-state index is 0.623. The minimum atomic E-state index is 0.623. The minimum Gasteiger partial charge on any atom is -0.383 e. The van der Waals surface area contributed by atoms with Crippen molar-refractivity contribution in [1.29, 1.82) is 0 Å². The molecule has 0 aliphatic heterocycles. The molecule has 2 heterocycles. The molecule has 0 aliphatic rings. The molecule has 0 spiro atoms. The number of nitrogens with zero attached hydrogens (tertiary/aromatic N) is 3. The van der Waals surface area contributed by atoms with Crippen molar-refractivity contribution in [3.63, 3.8) is 0 Å². The number of aromatic nitrogens is 3. The molecule has 2 aromatic rings. The first-order valence-corrected chi connectivity index (χ1v) is 3.32. The largest absolute Gasteiger partial charge is 0.383 e. The van der Waals surface area contributed by atoms with Gasteiger partial charge in [0.05, 0.1) is 24.1 Å². The van der Waals surface area contributed by atoms with Crippen LogP contribution in [0.15, 0.2) is 18.6 Å². The van der Waals surface area contributed by atoms with Gasteiger partial charge in [-0.05, 0) is 6.92 Å². The summed E-state index contributed by atoms with van der Waals surface area (Å²) in [5.41, 5.74) is 6.59. The van der Waals surface area contributed by atoms with Crippen LogP contribution in [0.5, 0.6) is 0 Å². The van der Waals surface area contributed by atoms with Crippen molar-refractivity contribution in [2.75, 3.05) is 5.73 Å². The van der Waals surface area contributed by atoms with E-state index in [2.05, 4.69) is 9.97 Å². The molecule has 2 aromatic heterocycles. The summed E-state index contributed by atoms with van der Waals surface area (Å²) in [6.07, 6.45) is 5.09. The summed E-state index contributed by atoms with van der Waals surface area (Å²) in [7, 11) is 0. The molecule has 0 saturated heterocycles. The number of hydrogen-bond donors (Lipinski definition) is 1. The highest BCUT2D eigenvalue weighted by atomic mass is 15.1. The van der Waals surface area contributed by atoms with Gasteiger partial charge in [0.25, 0.3) is 0 Å². The molecule has 0 amide bonds. The topological polar surface area (TPSA) is 56.2 Å². The number of hydrogen-bond acceptors (Lipinski definition) is 3. The lowest BCUT2D eigenvalue weighted by molar-refractivity contribution is 1.04. The second-order valence-corrected chi connectivity index (χ2v) is 2.40. The Labute approximate surface area is 63.7 Å². The van der Waals surface area contributed by atoms with E-state index >= 15 is 0 Å². The summed E-state index contributed by atoms with van der Waals surface area (Å²) >= 11 is 0. The lowest BCUT2D eigenvalue weighted by Gasteiger charge is -1.98. The van der Waals surface area contributed by atoms with Crippen LogP contribution in [0.25, 0.3) is 5.52 Å². The van der Waals surface area contributed by atoms with Crippen LogP contribution in [0.4, 0.5) is 5.82 Å². The average molecular weight is 148 g/mol. The van der Waals surface area contributed by atoms with Crippen molar-refractivity contribution in [2.24, 2.45) is 0 Å². The maximum absolute atomic E-state index is 5.66. The molecule has 11 heavy (non-hydrogen) atoms. The summed E-state index contributed by atoms with van der Waals surface area (Å²) in [5.74, 6) is 1.51. The lowest BCUT2D eigenvalue weighted by atomic mass is 10.5. The number of aryl methyl sites for hydroxylation is 1. The smallest absolute Gasteiger partial charge is 0.128 e. The summed E-state index contributed by atoms with van der Waals surface area (Å²) < 4.78 is 1.85. The lowest BCUT2D eigenvalue weighted by Crippen LogP contribution is -1.98. The van der Waals surface area contributed by atoms with Gasteiger partial charge in [-0.1, -0.05) is 0 Å². The Morgan fingerprint density at radius 3 is 2.91 bits per heavy atom. The third-order valence-corrected chi connectivity index (χ3v) is 1.64. The van der Waals surface area contributed by atoms with Crippen molar-refractivity contribution >= 4 is 11.3 Å². The predicted octanol–water partition coefficient (Wildman–Crippen LogP) is 0.620. The number of fused-ring (bicyclic) bond motifs is 1. The molecular formula is C7H8N4. The van der Waals surface area contributed by atoms with E-state index in [4.69, 9.17) is 5.73 Å². The maximum atomic E-state index is 5.66. The molecule has 0 saturated carbocycles. The molecule has 0 aromatic carbocycles. The average Bonchev–Trinajstić information content (AvgIpc) is 2.34. The molecule has 0 bridgehead atoms. The van der Waals surface area contributed by atoms with Gasteiger partial charge >= 0.3 is 0 Å². The van der Waals surface area contributed by atoms with Crippen LogP contribution in [0.2, 0.25) is 0 Å². The van der Waals surface area contributed by atoms with Crippen LogP contribution in [0.1, 0.15) is 5.82 Å². The van der Waals surface area contributed by atoms with Gasteiger partial charge in [-0.15, -0.1) is 0 Å². The highest BCUT2D eigenvalue weighted by Gasteiger charge is 1.99. The van der Waals surface area contributed by atoms with Gasteiger partial charge in [-0.3, -0.25) is 9.38 Å². The van der Waals surface area contributed by atoms with Crippen molar-refractivity contribution < 1.29 is 0 Å². The van der Waals surface area contributed by atoms with E-state index in [0.29, 0.717) is 5.82 Å². The first-order valence-electron chi connectivity index (χ1n) is 3.32. The monoisotopic (exact) mass is 148 g/mol. The van der Waals surface area contributed by atoms with Crippen LogP contribution >= 0.6 is 0 Å². The standard InChI is InChI=1S/C7H8N4/c1-5-10-3-6-2-9-4-7(8)11(5)6/h2-4H,8H2,1H3. The van der Waals surface area contributed by atoms with E-state index in [-0.39, 0.29) is 0 Å². The van der Waals surface area contributed by atoms with Crippen LogP contribution < -0.4 is 5.73 Å². The van der Waals surface area contributed by atoms with Gasteiger partial charge < -0.3 is 5.73 Å². The Kier molecular flexibility index (Phi) is 1.09. The third kappa shape index (κ3) is 0.756. The molecule has 2 rings (SSSR count). The fourth-order valence-corrected chi connectivity index (χ4v) is 1.14. The number of nitrogens with two attached hydrogens (primary N) is 1. The van der Waals surface area contributed by atoms with Gasteiger partial charge in [0, 0.05) is 0 Å². The zero-order chi connectivity index (χ0) is 7.84. The maximum Gasteiger partial charge on any atom is 0.128 e. The second kappa shape index (κ2) is 1.95. The predicted molar refractivity (Wildman–Crippen MR) is 42.1 cm³/mol. The van der Waals surface area contributed by atoms with Gasteiger partial charge in [-0.25, -0.2) is 4.98 Å². The van der Waals surface area contributed by atoms with Crippen LogP contribution in [0.3, 0.4) is 0 Å². The summed E-state index contributed by atoms with van der Waals surface area (Å²) in [5, 5.41) is 0. The fraction of sp³-hybridized carbons (Fsp3) is 0.143. The Morgan fingerprint density at radius 2 is 2.18 bits per heavy atom. The summed E-state index contributed by atoms with van der Waals surface area (Å²) in [6.45, 7) is 1.91. The molecule has 0 unspecified atom stereocenters. The summed E-state index contributed by atoms with van der Waals surface area (Å²) in [6, 6.07) is 0. The Morgan fingerprint density at radius 1 is 1.36 bits per heavy atom. The number of imidazole rings is 1. The van der Waals surface area contributed by atoms with Crippen LogP contribution in [0, 0.1) is 6.92 Å². The number of nitrogen functional groups attached to an aromatic ring is 1. The first kappa shape index (κ1) is 6.15. The first-order chi connectivity index (χ1) is 5.29. The van der Waals surface area contributed by atoms with Crippen molar-refractivity contribution in [1.82, 2.24) is 14.4 Å². The molecule has 4 nitrogen and oxygen atoms in total. The van der Waals surface area contributed by atoms with E-state index < -0.39 is 0 Å². The van der Waals surface area contributed by atoms with Crippen LogP contribution in [-0.2, 0) is 0 Å². The normalized spacial score (nSPS) is 10.6. The molecule has 56 valence electrons. The zero-order valence-corrected chi connectivity index (χ0v) is 6.15. The molecule has 2 N–H and O–H groups in total. The van der Waals surface area contributed by atoms with E-state index in [1.165, 1.54) is 0 Å². The Balaban J connectivity index is 2.96. The fourth-order valence-electron chi connectivity index (χ4n) is 1.14. The number of rotatable bonds is 0. The number of anilines is 1. The SMILES string of the molecule is Cc1ncc2cncc(N)n12.